The SMILES string of the molecule is COC(=O)[C@@H]1CCC(SC)=[N+]1Cc1ccccc1.[I-]. The second-order valence-corrected chi connectivity index (χ2v) is 5.17. The molecule has 1 heterocycles. The molecule has 1 aliphatic heterocycles. The lowest BCUT2D eigenvalue weighted by molar-refractivity contribution is -0.560. The Balaban J connectivity index is 0.00000180. The summed E-state index contributed by atoms with van der Waals surface area (Å²) in [4.78, 5) is 11.8. The van der Waals surface area contributed by atoms with Crippen LogP contribution in [-0.4, -0.2) is 35.0 Å². The van der Waals surface area contributed by atoms with Crippen LogP contribution in [0.3, 0.4) is 0 Å². The second-order valence-electron chi connectivity index (χ2n) is 4.29. The molecule has 0 aromatic heterocycles. The first-order valence-electron chi connectivity index (χ1n) is 6.04. The van der Waals surface area contributed by atoms with Crippen molar-refractivity contribution in [2.45, 2.75) is 25.4 Å². The molecular weight excluding hydrogens is 373 g/mol. The molecule has 1 aliphatic rings. The Morgan fingerprint density at radius 2 is 2.11 bits per heavy atom. The minimum atomic E-state index is -0.130. The molecule has 0 fully saturated rings. The van der Waals surface area contributed by atoms with E-state index in [2.05, 4.69) is 23.0 Å². The van der Waals surface area contributed by atoms with Gasteiger partial charge in [0.15, 0.2) is 6.54 Å². The lowest BCUT2D eigenvalue weighted by Gasteiger charge is -2.09. The van der Waals surface area contributed by atoms with E-state index in [-0.39, 0.29) is 36.0 Å². The van der Waals surface area contributed by atoms with E-state index < -0.39 is 0 Å². The molecular formula is C14H18INO2S. The lowest BCUT2D eigenvalue weighted by Crippen LogP contribution is -3.00. The van der Waals surface area contributed by atoms with E-state index in [1.54, 1.807) is 11.8 Å². The van der Waals surface area contributed by atoms with E-state index >= 15 is 0 Å². The Labute approximate surface area is 135 Å². The predicted molar refractivity (Wildman–Crippen MR) is 74.0 cm³/mol. The largest absolute Gasteiger partial charge is 1.00 e. The summed E-state index contributed by atoms with van der Waals surface area (Å²) in [5.41, 5.74) is 1.22. The van der Waals surface area contributed by atoms with Gasteiger partial charge in [-0.2, -0.15) is 0 Å². The Morgan fingerprint density at radius 1 is 1.42 bits per heavy atom. The van der Waals surface area contributed by atoms with Gasteiger partial charge >= 0.3 is 5.97 Å². The van der Waals surface area contributed by atoms with Crippen LogP contribution in [0.2, 0.25) is 0 Å². The maximum atomic E-state index is 11.8. The molecule has 0 saturated carbocycles. The van der Waals surface area contributed by atoms with Gasteiger partial charge in [-0.25, -0.2) is 9.37 Å². The van der Waals surface area contributed by atoms with E-state index in [0.29, 0.717) is 0 Å². The van der Waals surface area contributed by atoms with E-state index in [1.165, 1.54) is 17.7 Å². The molecule has 5 heteroatoms. The molecule has 2 rings (SSSR count). The monoisotopic (exact) mass is 391 g/mol. The smallest absolute Gasteiger partial charge is 0.375 e. The number of rotatable bonds is 3. The Kier molecular flexibility index (Phi) is 6.85. The standard InChI is InChI=1S/C14H18NO2S.HI/c1-17-14(16)12-8-9-13(18-2)15(12)10-11-6-4-3-5-7-11;/h3-7,12H,8-10H2,1-2H3;1H/q+1;/p-1/t12-;/m0./s1. The highest BCUT2D eigenvalue weighted by molar-refractivity contribution is 8.13. The fraction of sp³-hybridized carbons (Fsp3) is 0.429. The van der Waals surface area contributed by atoms with Crippen LogP contribution >= 0.6 is 11.8 Å². The molecule has 0 N–H and O–H groups in total. The van der Waals surface area contributed by atoms with Crippen molar-refractivity contribution in [3.63, 3.8) is 0 Å². The third-order valence-electron chi connectivity index (χ3n) is 3.23. The minimum Gasteiger partial charge on any atom is -1.00 e. The first kappa shape index (κ1) is 16.5. The number of methoxy groups -OCH3 is 1. The van der Waals surface area contributed by atoms with Crippen molar-refractivity contribution in [3.05, 3.63) is 35.9 Å². The van der Waals surface area contributed by atoms with Gasteiger partial charge in [-0.3, -0.25) is 0 Å². The molecule has 0 bridgehead atoms. The number of benzene rings is 1. The second kappa shape index (κ2) is 7.89. The van der Waals surface area contributed by atoms with Gasteiger partial charge in [-0.1, -0.05) is 42.1 Å². The van der Waals surface area contributed by atoms with Crippen molar-refractivity contribution in [3.8, 4) is 0 Å². The van der Waals surface area contributed by atoms with Crippen LogP contribution in [0.5, 0.6) is 0 Å². The zero-order valence-electron chi connectivity index (χ0n) is 11.1. The minimum absolute atomic E-state index is 0. The topological polar surface area (TPSA) is 29.3 Å². The Morgan fingerprint density at radius 3 is 2.68 bits per heavy atom. The molecule has 104 valence electrons. The molecule has 1 aromatic carbocycles. The molecule has 0 amide bonds. The Hall–Kier alpha value is -0.560. The molecule has 19 heavy (non-hydrogen) atoms. The number of halogens is 1. The summed E-state index contributed by atoms with van der Waals surface area (Å²) >= 11 is 1.73. The number of ether oxygens (including phenoxy) is 1. The molecule has 0 aliphatic carbocycles. The highest BCUT2D eigenvalue weighted by atomic mass is 127. The van der Waals surface area contributed by atoms with Crippen LogP contribution in [0.1, 0.15) is 18.4 Å². The number of carbonyl (C=O) groups excluding carboxylic acids is 1. The molecule has 0 saturated heterocycles. The zero-order chi connectivity index (χ0) is 13.0. The summed E-state index contributed by atoms with van der Waals surface area (Å²) in [7, 11) is 1.46. The molecule has 0 spiro atoms. The van der Waals surface area contributed by atoms with Crippen LogP contribution in [0, 0.1) is 0 Å². The summed E-state index contributed by atoms with van der Waals surface area (Å²) in [6, 6.07) is 10.1. The molecule has 1 aromatic rings. The van der Waals surface area contributed by atoms with Crippen LogP contribution in [0.15, 0.2) is 30.3 Å². The summed E-state index contributed by atoms with van der Waals surface area (Å²) < 4.78 is 7.06. The third-order valence-corrected chi connectivity index (χ3v) is 4.14. The normalized spacial score (nSPS) is 18.1. The van der Waals surface area contributed by atoms with Crippen LogP contribution < -0.4 is 24.0 Å². The van der Waals surface area contributed by atoms with E-state index in [1.807, 2.05) is 18.2 Å². The number of hydrogen-bond acceptors (Lipinski definition) is 3. The number of thioether (sulfide) groups is 1. The van der Waals surface area contributed by atoms with Gasteiger partial charge in [0.25, 0.3) is 6.04 Å². The maximum absolute atomic E-state index is 11.8. The van der Waals surface area contributed by atoms with Crippen molar-refractivity contribution in [2.75, 3.05) is 13.4 Å². The Bertz CT molecular complexity index is 462. The number of hydrogen-bond donors (Lipinski definition) is 0. The third kappa shape index (κ3) is 3.95. The van der Waals surface area contributed by atoms with Crippen molar-refractivity contribution in [1.82, 2.24) is 0 Å². The zero-order valence-corrected chi connectivity index (χ0v) is 14.1. The highest BCUT2D eigenvalue weighted by Crippen LogP contribution is 2.22. The molecule has 1 atom stereocenters. The van der Waals surface area contributed by atoms with Crippen molar-refractivity contribution in [2.24, 2.45) is 0 Å². The predicted octanol–water partition coefficient (Wildman–Crippen LogP) is -0.700. The molecule has 0 radical (unpaired) electrons. The first-order chi connectivity index (χ1) is 8.76. The van der Waals surface area contributed by atoms with Gasteiger partial charge < -0.3 is 28.7 Å². The number of esters is 1. The van der Waals surface area contributed by atoms with E-state index in [9.17, 15) is 4.79 Å². The lowest BCUT2D eigenvalue weighted by atomic mass is 10.2. The first-order valence-corrected chi connectivity index (χ1v) is 7.27. The summed E-state index contributed by atoms with van der Waals surface area (Å²) in [6.07, 6.45) is 3.89. The van der Waals surface area contributed by atoms with Crippen LogP contribution in [0.4, 0.5) is 0 Å². The summed E-state index contributed by atoms with van der Waals surface area (Å²) in [5, 5.41) is 1.27. The van der Waals surface area contributed by atoms with Gasteiger partial charge in [0, 0.05) is 18.4 Å². The quantitative estimate of drug-likeness (QED) is 0.388. The van der Waals surface area contributed by atoms with Gasteiger partial charge in [0.2, 0.25) is 5.04 Å². The summed E-state index contributed by atoms with van der Waals surface area (Å²) in [6.45, 7) is 0.775. The van der Waals surface area contributed by atoms with Crippen LogP contribution in [0.25, 0.3) is 0 Å². The average molecular weight is 391 g/mol. The summed E-state index contributed by atoms with van der Waals surface area (Å²) in [5.74, 6) is -0.130. The van der Waals surface area contributed by atoms with Crippen molar-refractivity contribution >= 4 is 22.8 Å². The van der Waals surface area contributed by atoms with Crippen molar-refractivity contribution < 1.29 is 38.1 Å². The van der Waals surface area contributed by atoms with Gasteiger partial charge in [0.05, 0.1) is 7.11 Å². The van der Waals surface area contributed by atoms with E-state index in [0.717, 1.165) is 19.4 Å². The van der Waals surface area contributed by atoms with E-state index in [4.69, 9.17) is 4.74 Å². The molecule has 0 unspecified atom stereocenters. The van der Waals surface area contributed by atoms with Gasteiger partial charge in [0.1, 0.15) is 0 Å². The van der Waals surface area contributed by atoms with Crippen LogP contribution in [-0.2, 0) is 16.1 Å². The number of nitrogens with zero attached hydrogens (tertiary/aromatic N) is 1. The number of carbonyl (C=O) groups is 1. The van der Waals surface area contributed by atoms with Crippen molar-refractivity contribution in [1.29, 1.82) is 0 Å². The fourth-order valence-electron chi connectivity index (χ4n) is 2.31. The van der Waals surface area contributed by atoms with Gasteiger partial charge in [-0.15, -0.1) is 0 Å². The highest BCUT2D eigenvalue weighted by Gasteiger charge is 2.38. The maximum Gasteiger partial charge on any atom is 0.375 e. The fourth-order valence-corrected chi connectivity index (χ4v) is 3.06. The molecule has 3 nitrogen and oxygen atoms in total. The average Bonchev–Trinajstić information content (AvgIpc) is 2.82. The van der Waals surface area contributed by atoms with Gasteiger partial charge in [-0.05, 0) is 6.26 Å².